The number of nitrogens with two attached hydrogens (primary N) is 1. The molecule has 0 heterocycles. The van der Waals surface area contributed by atoms with E-state index >= 15 is 0 Å². The highest BCUT2D eigenvalue weighted by atomic mass is 16.4. The molecule has 0 aromatic heterocycles. The van der Waals surface area contributed by atoms with Gasteiger partial charge in [0.05, 0.1) is 0 Å². The SMILES string of the molecule is Cc1cc(C(C)(C)C)cc(C)c1CC(N)C(=O)O. The average Bonchev–Trinajstić information content (AvgIpc) is 2.21. The fourth-order valence-corrected chi connectivity index (χ4v) is 2.06. The Hall–Kier alpha value is -1.35. The van der Waals surface area contributed by atoms with Crippen LogP contribution in [0, 0.1) is 13.8 Å². The Kier molecular flexibility index (Phi) is 4.17. The lowest BCUT2D eigenvalue weighted by Gasteiger charge is -2.23. The number of hydrogen-bond acceptors (Lipinski definition) is 2. The summed E-state index contributed by atoms with van der Waals surface area (Å²) >= 11 is 0. The van der Waals surface area contributed by atoms with Crippen molar-refractivity contribution in [2.45, 2.75) is 52.5 Å². The second-order valence-electron chi connectivity index (χ2n) is 5.99. The predicted octanol–water partition coefficient (Wildman–Crippen LogP) is 2.56. The second-order valence-corrected chi connectivity index (χ2v) is 5.99. The number of rotatable bonds is 3. The number of aryl methyl sites for hydroxylation is 2. The van der Waals surface area contributed by atoms with E-state index < -0.39 is 12.0 Å². The molecule has 3 N–H and O–H groups in total. The molecule has 0 aliphatic heterocycles. The number of aliphatic carboxylic acids is 1. The zero-order chi connectivity index (χ0) is 14.1. The van der Waals surface area contributed by atoms with Crippen LogP contribution in [-0.2, 0) is 16.6 Å². The Bertz CT molecular complexity index is 435. The molecule has 0 radical (unpaired) electrons. The first-order valence-electron chi connectivity index (χ1n) is 6.22. The van der Waals surface area contributed by atoms with E-state index in [1.54, 1.807) is 0 Å². The van der Waals surface area contributed by atoms with Gasteiger partial charge < -0.3 is 10.8 Å². The molecule has 18 heavy (non-hydrogen) atoms. The van der Waals surface area contributed by atoms with Gasteiger partial charge in [-0.2, -0.15) is 0 Å². The number of carboxylic acids is 1. The monoisotopic (exact) mass is 249 g/mol. The summed E-state index contributed by atoms with van der Waals surface area (Å²) in [6.07, 6.45) is 0.386. The number of carboxylic acid groups (broad SMARTS) is 1. The van der Waals surface area contributed by atoms with Crippen LogP contribution >= 0.6 is 0 Å². The van der Waals surface area contributed by atoms with Crippen molar-refractivity contribution in [2.75, 3.05) is 0 Å². The van der Waals surface area contributed by atoms with Gasteiger partial charge >= 0.3 is 5.97 Å². The van der Waals surface area contributed by atoms with Crippen LogP contribution in [0.2, 0.25) is 0 Å². The van der Waals surface area contributed by atoms with E-state index in [9.17, 15) is 4.79 Å². The third-order valence-corrected chi connectivity index (χ3v) is 3.30. The summed E-state index contributed by atoms with van der Waals surface area (Å²) in [6, 6.07) is 3.44. The smallest absolute Gasteiger partial charge is 0.320 e. The third kappa shape index (κ3) is 3.33. The summed E-state index contributed by atoms with van der Waals surface area (Å²) < 4.78 is 0. The topological polar surface area (TPSA) is 63.3 Å². The van der Waals surface area contributed by atoms with Crippen molar-refractivity contribution in [2.24, 2.45) is 5.73 Å². The molecule has 0 amide bonds. The molecular weight excluding hydrogens is 226 g/mol. The van der Waals surface area contributed by atoms with Gasteiger partial charge in [-0.3, -0.25) is 4.79 Å². The minimum absolute atomic E-state index is 0.100. The molecule has 0 aliphatic carbocycles. The Labute approximate surface area is 109 Å². The Balaban J connectivity index is 3.13. The van der Waals surface area contributed by atoms with Crippen molar-refractivity contribution in [3.63, 3.8) is 0 Å². The molecule has 3 heteroatoms. The Morgan fingerprint density at radius 2 is 1.72 bits per heavy atom. The third-order valence-electron chi connectivity index (χ3n) is 3.30. The van der Waals surface area contributed by atoms with Crippen LogP contribution in [-0.4, -0.2) is 17.1 Å². The molecule has 1 atom stereocenters. The molecule has 1 rings (SSSR count). The minimum atomic E-state index is -0.950. The van der Waals surface area contributed by atoms with Crippen LogP contribution in [0.25, 0.3) is 0 Å². The maximum absolute atomic E-state index is 10.8. The van der Waals surface area contributed by atoms with Crippen LogP contribution in [0.3, 0.4) is 0 Å². The quantitative estimate of drug-likeness (QED) is 0.865. The molecule has 0 aliphatic rings. The summed E-state index contributed by atoms with van der Waals surface area (Å²) in [5.41, 5.74) is 10.3. The summed E-state index contributed by atoms with van der Waals surface area (Å²) in [6.45, 7) is 10.6. The highest BCUT2D eigenvalue weighted by molar-refractivity contribution is 5.73. The largest absolute Gasteiger partial charge is 0.480 e. The standard InChI is InChI=1S/C15H23NO2/c1-9-6-11(15(3,4)5)7-10(2)12(9)8-13(16)14(17)18/h6-7,13H,8,16H2,1-5H3,(H,17,18). The van der Waals surface area contributed by atoms with E-state index in [0.717, 1.165) is 16.7 Å². The lowest BCUT2D eigenvalue weighted by Crippen LogP contribution is -2.32. The fourth-order valence-electron chi connectivity index (χ4n) is 2.06. The molecule has 0 fully saturated rings. The van der Waals surface area contributed by atoms with E-state index in [2.05, 4.69) is 32.9 Å². The minimum Gasteiger partial charge on any atom is -0.480 e. The molecular formula is C15H23NO2. The zero-order valence-electron chi connectivity index (χ0n) is 11.9. The van der Waals surface area contributed by atoms with Crippen molar-refractivity contribution in [1.82, 2.24) is 0 Å². The fraction of sp³-hybridized carbons (Fsp3) is 0.533. The van der Waals surface area contributed by atoms with E-state index in [0.29, 0.717) is 6.42 Å². The van der Waals surface area contributed by atoms with Crippen LogP contribution < -0.4 is 5.73 Å². The molecule has 3 nitrogen and oxygen atoms in total. The summed E-state index contributed by atoms with van der Waals surface area (Å²) in [7, 11) is 0. The lowest BCUT2D eigenvalue weighted by atomic mass is 9.83. The van der Waals surface area contributed by atoms with Crippen LogP contribution in [0.5, 0.6) is 0 Å². The van der Waals surface area contributed by atoms with Crippen LogP contribution in [0.1, 0.15) is 43.0 Å². The van der Waals surface area contributed by atoms with Gasteiger partial charge in [0, 0.05) is 0 Å². The maximum Gasteiger partial charge on any atom is 0.320 e. The first-order valence-corrected chi connectivity index (χ1v) is 6.22. The van der Waals surface area contributed by atoms with Crippen molar-refractivity contribution in [3.8, 4) is 0 Å². The van der Waals surface area contributed by atoms with Crippen LogP contribution in [0.15, 0.2) is 12.1 Å². The molecule has 1 aromatic rings. The number of benzene rings is 1. The molecule has 1 aromatic carbocycles. The molecule has 100 valence electrons. The van der Waals surface area contributed by atoms with E-state index in [1.165, 1.54) is 5.56 Å². The van der Waals surface area contributed by atoms with Gasteiger partial charge in [-0.15, -0.1) is 0 Å². The van der Waals surface area contributed by atoms with E-state index in [1.807, 2.05) is 13.8 Å². The van der Waals surface area contributed by atoms with Crippen molar-refractivity contribution in [3.05, 3.63) is 34.4 Å². The molecule has 0 spiro atoms. The maximum atomic E-state index is 10.8. The summed E-state index contributed by atoms with van der Waals surface area (Å²) in [5.74, 6) is -0.950. The number of carbonyl (C=O) groups is 1. The normalized spacial score (nSPS) is 13.4. The van der Waals surface area contributed by atoms with Gasteiger partial charge in [0.1, 0.15) is 6.04 Å². The molecule has 1 unspecified atom stereocenters. The Morgan fingerprint density at radius 1 is 1.28 bits per heavy atom. The van der Waals surface area contributed by atoms with Gasteiger partial charge in [-0.1, -0.05) is 32.9 Å². The van der Waals surface area contributed by atoms with Gasteiger partial charge in [0.15, 0.2) is 0 Å². The molecule has 0 saturated heterocycles. The highest BCUT2D eigenvalue weighted by Crippen LogP contribution is 2.27. The van der Waals surface area contributed by atoms with E-state index in [-0.39, 0.29) is 5.41 Å². The van der Waals surface area contributed by atoms with Gasteiger partial charge in [-0.05, 0) is 47.9 Å². The van der Waals surface area contributed by atoms with Gasteiger partial charge in [-0.25, -0.2) is 0 Å². The summed E-state index contributed by atoms with van der Waals surface area (Å²) in [4.78, 5) is 10.8. The summed E-state index contributed by atoms with van der Waals surface area (Å²) in [5, 5.41) is 8.88. The number of hydrogen-bond donors (Lipinski definition) is 2. The predicted molar refractivity (Wildman–Crippen MR) is 73.9 cm³/mol. The van der Waals surface area contributed by atoms with Crippen molar-refractivity contribution >= 4 is 5.97 Å². The molecule has 0 saturated carbocycles. The van der Waals surface area contributed by atoms with Gasteiger partial charge in [0.25, 0.3) is 0 Å². The van der Waals surface area contributed by atoms with Crippen molar-refractivity contribution < 1.29 is 9.90 Å². The average molecular weight is 249 g/mol. The van der Waals surface area contributed by atoms with E-state index in [4.69, 9.17) is 10.8 Å². The highest BCUT2D eigenvalue weighted by Gasteiger charge is 2.19. The zero-order valence-corrected chi connectivity index (χ0v) is 11.9. The van der Waals surface area contributed by atoms with Crippen molar-refractivity contribution in [1.29, 1.82) is 0 Å². The Morgan fingerprint density at radius 3 is 2.06 bits per heavy atom. The first-order chi connectivity index (χ1) is 8.12. The lowest BCUT2D eigenvalue weighted by molar-refractivity contribution is -0.138. The van der Waals surface area contributed by atoms with Gasteiger partial charge in [0.2, 0.25) is 0 Å². The van der Waals surface area contributed by atoms with Crippen LogP contribution in [0.4, 0.5) is 0 Å². The first kappa shape index (κ1) is 14.7. The molecule has 0 bridgehead atoms. The second kappa shape index (κ2) is 5.11.